The van der Waals surface area contributed by atoms with Crippen LogP contribution in [0.4, 0.5) is 0 Å². The molecule has 0 spiro atoms. The minimum atomic E-state index is -0.838. The van der Waals surface area contributed by atoms with E-state index >= 15 is 0 Å². The highest BCUT2D eigenvalue weighted by Crippen LogP contribution is 2.41. The Bertz CT molecular complexity index is 198. The molecule has 2 rings (SSSR count). The Hall–Kier alpha value is 0.137. The Morgan fingerprint density at radius 1 is 1.33 bits per heavy atom. The van der Waals surface area contributed by atoms with Gasteiger partial charge in [0, 0.05) is 6.61 Å². The van der Waals surface area contributed by atoms with Gasteiger partial charge in [-0.1, -0.05) is 13.3 Å². The molecule has 2 nitrogen and oxygen atoms in total. The molecular weight excluding hydrogens is 204 g/mol. The topological polar surface area (TPSA) is 21.8 Å². The van der Waals surface area contributed by atoms with Crippen LogP contribution in [0.2, 0.25) is 12.6 Å². The summed E-state index contributed by atoms with van der Waals surface area (Å²) >= 11 is 0. The monoisotopic (exact) mass is 228 g/mol. The average Bonchev–Trinajstić information content (AvgIpc) is 3.01. The van der Waals surface area contributed by atoms with Crippen molar-refractivity contribution in [3.8, 4) is 0 Å². The Morgan fingerprint density at radius 3 is 2.93 bits per heavy atom. The van der Waals surface area contributed by atoms with E-state index in [1.807, 2.05) is 0 Å². The van der Waals surface area contributed by atoms with E-state index in [2.05, 4.69) is 13.5 Å². The molecule has 1 aliphatic heterocycles. The predicted octanol–water partition coefficient (Wildman–Crippen LogP) is 2.72. The minimum Gasteiger partial charge on any atom is -0.420 e. The number of epoxide rings is 1. The van der Waals surface area contributed by atoms with Gasteiger partial charge in [-0.15, -0.1) is 0 Å². The van der Waals surface area contributed by atoms with Crippen LogP contribution in [0, 0.1) is 5.92 Å². The van der Waals surface area contributed by atoms with Gasteiger partial charge in [0.05, 0.1) is 12.2 Å². The quantitative estimate of drug-likeness (QED) is 0.515. The fourth-order valence-corrected chi connectivity index (χ4v) is 4.37. The van der Waals surface area contributed by atoms with Crippen molar-refractivity contribution in [1.82, 2.24) is 0 Å². The van der Waals surface area contributed by atoms with E-state index in [1.165, 1.54) is 38.1 Å². The Balaban J connectivity index is 1.56. The Labute approximate surface area is 95.1 Å². The molecule has 3 heteroatoms. The van der Waals surface area contributed by atoms with Crippen molar-refractivity contribution in [2.75, 3.05) is 6.61 Å². The second kappa shape index (κ2) is 5.46. The van der Waals surface area contributed by atoms with Crippen LogP contribution in [0.3, 0.4) is 0 Å². The molecule has 4 unspecified atom stereocenters. The van der Waals surface area contributed by atoms with Crippen molar-refractivity contribution in [1.29, 1.82) is 0 Å². The van der Waals surface area contributed by atoms with E-state index in [0.29, 0.717) is 12.2 Å². The summed E-state index contributed by atoms with van der Waals surface area (Å²) in [5.74, 6) is 0.939. The van der Waals surface area contributed by atoms with E-state index in [4.69, 9.17) is 9.16 Å². The SMILES string of the molecule is CCCO[SiH](C)CCC1CCC2OC2C1. The summed E-state index contributed by atoms with van der Waals surface area (Å²) < 4.78 is 11.4. The van der Waals surface area contributed by atoms with Crippen molar-refractivity contribution in [3.05, 3.63) is 0 Å². The van der Waals surface area contributed by atoms with Crippen LogP contribution in [0.5, 0.6) is 0 Å². The van der Waals surface area contributed by atoms with Crippen molar-refractivity contribution in [2.24, 2.45) is 5.92 Å². The van der Waals surface area contributed by atoms with Gasteiger partial charge >= 0.3 is 0 Å². The van der Waals surface area contributed by atoms with E-state index in [0.717, 1.165) is 12.5 Å². The number of hydrogen-bond acceptors (Lipinski definition) is 2. The molecule has 0 aromatic rings. The maximum absolute atomic E-state index is 5.83. The fraction of sp³-hybridized carbons (Fsp3) is 1.00. The molecule has 0 bridgehead atoms. The van der Waals surface area contributed by atoms with E-state index in [-0.39, 0.29) is 0 Å². The first kappa shape index (κ1) is 11.6. The van der Waals surface area contributed by atoms with E-state index in [1.54, 1.807) is 0 Å². The minimum absolute atomic E-state index is 0.650. The number of fused-ring (bicyclic) bond motifs is 1. The predicted molar refractivity (Wildman–Crippen MR) is 64.7 cm³/mol. The molecule has 0 aromatic carbocycles. The molecule has 0 N–H and O–H groups in total. The van der Waals surface area contributed by atoms with Crippen molar-refractivity contribution in [2.45, 2.75) is 63.8 Å². The molecule has 0 amide bonds. The lowest BCUT2D eigenvalue weighted by Crippen LogP contribution is -2.18. The summed E-state index contributed by atoms with van der Waals surface area (Å²) in [6.07, 6.45) is 7.92. The average molecular weight is 228 g/mol. The highest BCUT2D eigenvalue weighted by atomic mass is 28.3. The summed E-state index contributed by atoms with van der Waals surface area (Å²) in [4.78, 5) is 0. The molecule has 1 saturated carbocycles. The van der Waals surface area contributed by atoms with Gasteiger partial charge in [-0.25, -0.2) is 0 Å². The van der Waals surface area contributed by atoms with Gasteiger partial charge in [0.15, 0.2) is 9.04 Å². The smallest absolute Gasteiger partial charge is 0.173 e. The Kier molecular flexibility index (Phi) is 4.23. The maximum atomic E-state index is 5.83. The maximum Gasteiger partial charge on any atom is 0.173 e. The molecule has 0 radical (unpaired) electrons. The van der Waals surface area contributed by atoms with Crippen LogP contribution in [0.15, 0.2) is 0 Å². The molecule has 2 aliphatic rings. The molecule has 2 fully saturated rings. The van der Waals surface area contributed by atoms with Gasteiger partial charge in [-0.3, -0.25) is 0 Å². The standard InChI is InChI=1S/C12H24O2Si/c1-3-7-13-15(2)8-6-10-4-5-11-12(9-10)14-11/h10-12,15H,3-9H2,1-2H3. The molecule has 88 valence electrons. The lowest BCUT2D eigenvalue weighted by atomic mass is 9.88. The van der Waals surface area contributed by atoms with E-state index in [9.17, 15) is 0 Å². The summed E-state index contributed by atoms with van der Waals surface area (Å²) in [6.45, 7) is 5.51. The summed E-state index contributed by atoms with van der Waals surface area (Å²) in [6, 6.07) is 1.36. The largest absolute Gasteiger partial charge is 0.420 e. The van der Waals surface area contributed by atoms with Crippen molar-refractivity contribution >= 4 is 9.04 Å². The third kappa shape index (κ3) is 3.57. The van der Waals surface area contributed by atoms with Crippen LogP contribution in [-0.2, 0) is 9.16 Å². The molecule has 1 heterocycles. The van der Waals surface area contributed by atoms with Crippen LogP contribution < -0.4 is 0 Å². The third-order valence-electron chi connectivity index (χ3n) is 3.70. The van der Waals surface area contributed by atoms with Gasteiger partial charge in [-0.2, -0.15) is 0 Å². The lowest BCUT2D eigenvalue weighted by Gasteiger charge is -2.20. The first-order valence-corrected chi connectivity index (χ1v) is 9.01. The van der Waals surface area contributed by atoms with Crippen LogP contribution in [-0.4, -0.2) is 27.9 Å². The molecule has 1 saturated heterocycles. The number of rotatable bonds is 6. The third-order valence-corrected chi connectivity index (χ3v) is 5.65. The van der Waals surface area contributed by atoms with Gasteiger partial charge < -0.3 is 9.16 Å². The summed E-state index contributed by atoms with van der Waals surface area (Å²) in [5.41, 5.74) is 0. The number of hydrogen-bond donors (Lipinski definition) is 0. The second-order valence-electron chi connectivity index (χ2n) is 5.15. The summed E-state index contributed by atoms with van der Waals surface area (Å²) in [7, 11) is -0.838. The zero-order valence-corrected chi connectivity index (χ0v) is 11.2. The van der Waals surface area contributed by atoms with Gasteiger partial charge in [0.1, 0.15) is 0 Å². The summed E-state index contributed by atoms with van der Waals surface area (Å²) in [5, 5.41) is 0. The van der Waals surface area contributed by atoms with Crippen LogP contribution >= 0.6 is 0 Å². The highest BCUT2D eigenvalue weighted by Gasteiger charge is 2.43. The lowest BCUT2D eigenvalue weighted by molar-refractivity contribution is 0.313. The first-order valence-electron chi connectivity index (χ1n) is 6.56. The van der Waals surface area contributed by atoms with Crippen molar-refractivity contribution in [3.63, 3.8) is 0 Å². The highest BCUT2D eigenvalue weighted by molar-refractivity contribution is 6.50. The normalized spacial score (nSPS) is 36.0. The zero-order valence-electron chi connectivity index (χ0n) is 10.1. The first-order chi connectivity index (χ1) is 7.29. The van der Waals surface area contributed by atoms with E-state index < -0.39 is 9.04 Å². The molecule has 1 aliphatic carbocycles. The van der Waals surface area contributed by atoms with Gasteiger partial charge in [-0.05, 0) is 44.2 Å². The molecular formula is C12H24O2Si. The second-order valence-corrected chi connectivity index (χ2v) is 7.68. The Morgan fingerprint density at radius 2 is 2.20 bits per heavy atom. The molecule has 0 aromatic heterocycles. The molecule has 4 atom stereocenters. The molecule has 15 heavy (non-hydrogen) atoms. The fourth-order valence-electron chi connectivity index (χ4n) is 2.62. The van der Waals surface area contributed by atoms with Gasteiger partial charge in [0.25, 0.3) is 0 Å². The van der Waals surface area contributed by atoms with Crippen LogP contribution in [0.1, 0.15) is 39.0 Å². The zero-order chi connectivity index (χ0) is 10.7. The number of ether oxygens (including phenoxy) is 1. The van der Waals surface area contributed by atoms with Crippen molar-refractivity contribution < 1.29 is 9.16 Å². The van der Waals surface area contributed by atoms with Crippen LogP contribution in [0.25, 0.3) is 0 Å². The van der Waals surface area contributed by atoms with Gasteiger partial charge in [0.2, 0.25) is 0 Å².